The minimum atomic E-state index is -0.429. The van der Waals surface area contributed by atoms with Gasteiger partial charge >= 0.3 is 0 Å². The van der Waals surface area contributed by atoms with Crippen molar-refractivity contribution in [3.8, 4) is 5.75 Å². The summed E-state index contributed by atoms with van der Waals surface area (Å²) < 4.78 is 6.35. The molecule has 0 saturated heterocycles. The molecule has 0 fully saturated rings. The van der Waals surface area contributed by atoms with Crippen molar-refractivity contribution in [2.45, 2.75) is 33.8 Å². The van der Waals surface area contributed by atoms with E-state index in [1.54, 1.807) is 0 Å². The van der Waals surface area contributed by atoms with E-state index in [0.29, 0.717) is 12.5 Å². The van der Waals surface area contributed by atoms with Crippen molar-refractivity contribution in [2.24, 2.45) is 11.8 Å². The van der Waals surface area contributed by atoms with E-state index in [1.807, 2.05) is 25.1 Å². The third-order valence-electron chi connectivity index (χ3n) is 3.15. The standard InChI is InChI=1S/C14H21BrO2/c1-5-17-13-7-6-11(8-12(13)15)14(16)10(4)9(2)3/h6-10,14,16H,5H2,1-4H3. The highest BCUT2D eigenvalue weighted by Gasteiger charge is 2.20. The molecule has 1 aromatic rings. The number of aliphatic hydroxyl groups is 1. The first-order chi connectivity index (χ1) is 7.97. The fraction of sp³-hybridized carbons (Fsp3) is 0.571. The Kier molecular flexibility index (Phi) is 5.47. The molecule has 0 spiro atoms. The van der Waals surface area contributed by atoms with Crippen molar-refractivity contribution in [2.75, 3.05) is 6.61 Å². The molecule has 1 rings (SSSR count). The van der Waals surface area contributed by atoms with Crippen LogP contribution in [0, 0.1) is 11.8 Å². The molecule has 0 aliphatic heterocycles. The summed E-state index contributed by atoms with van der Waals surface area (Å²) in [6, 6.07) is 5.77. The minimum Gasteiger partial charge on any atom is -0.493 e. The van der Waals surface area contributed by atoms with Gasteiger partial charge in [0.2, 0.25) is 0 Å². The van der Waals surface area contributed by atoms with Gasteiger partial charge in [0.25, 0.3) is 0 Å². The Morgan fingerprint density at radius 1 is 1.29 bits per heavy atom. The number of hydrogen-bond acceptors (Lipinski definition) is 2. The van der Waals surface area contributed by atoms with Gasteiger partial charge in [-0.05, 0) is 52.4 Å². The van der Waals surface area contributed by atoms with Crippen LogP contribution in [0.3, 0.4) is 0 Å². The Labute approximate surface area is 112 Å². The molecule has 96 valence electrons. The van der Waals surface area contributed by atoms with Gasteiger partial charge in [0, 0.05) is 0 Å². The zero-order chi connectivity index (χ0) is 13.0. The monoisotopic (exact) mass is 300 g/mol. The van der Waals surface area contributed by atoms with Crippen molar-refractivity contribution in [1.29, 1.82) is 0 Å². The maximum atomic E-state index is 10.2. The van der Waals surface area contributed by atoms with Crippen molar-refractivity contribution < 1.29 is 9.84 Å². The van der Waals surface area contributed by atoms with Crippen molar-refractivity contribution in [3.05, 3.63) is 28.2 Å². The number of halogens is 1. The zero-order valence-electron chi connectivity index (χ0n) is 10.9. The highest BCUT2D eigenvalue weighted by molar-refractivity contribution is 9.10. The van der Waals surface area contributed by atoms with Gasteiger partial charge < -0.3 is 9.84 Å². The molecule has 0 amide bonds. The Hall–Kier alpha value is -0.540. The number of rotatable bonds is 5. The molecule has 0 aromatic heterocycles. The van der Waals surface area contributed by atoms with Crippen molar-refractivity contribution in [3.63, 3.8) is 0 Å². The normalized spacial score (nSPS) is 14.8. The smallest absolute Gasteiger partial charge is 0.133 e. The molecule has 2 unspecified atom stereocenters. The van der Waals surface area contributed by atoms with Gasteiger partial charge in [-0.15, -0.1) is 0 Å². The lowest BCUT2D eigenvalue weighted by Gasteiger charge is -2.23. The van der Waals surface area contributed by atoms with Crippen LogP contribution in [0.25, 0.3) is 0 Å². The molecule has 0 aliphatic carbocycles. The Morgan fingerprint density at radius 2 is 1.94 bits per heavy atom. The molecule has 0 saturated carbocycles. The average molecular weight is 301 g/mol. The summed E-state index contributed by atoms with van der Waals surface area (Å²) in [6.07, 6.45) is -0.429. The molecule has 2 nitrogen and oxygen atoms in total. The summed E-state index contributed by atoms with van der Waals surface area (Å²) in [4.78, 5) is 0. The van der Waals surface area contributed by atoms with Gasteiger partial charge in [0.15, 0.2) is 0 Å². The molecule has 2 atom stereocenters. The first-order valence-corrected chi connectivity index (χ1v) is 6.87. The molecule has 0 radical (unpaired) electrons. The van der Waals surface area contributed by atoms with Crippen LogP contribution in [0.5, 0.6) is 5.75 Å². The van der Waals surface area contributed by atoms with Gasteiger partial charge in [-0.3, -0.25) is 0 Å². The quantitative estimate of drug-likeness (QED) is 0.884. The van der Waals surface area contributed by atoms with E-state index < -0.39 is 6.10 Å². The van der Waals surface area contributed by atoms with E-state index >= 15 is 0 Å². The molecular weight excluding hydrogens is 280 g/mol. The summed E-state index contributed by atoms with van der Waals surface area (Å²) >= 11 is 3.47. The molecular formula is C14H21BrO2. The van der Waals surface area contributed by atoms with Crippen LogP contribution in [-0.2, 0) is 0 Å². The van der Waals surface area contributed by atoms with E-state index in [0.717, 1.165) is 15.8 Å². The lowest BCUT2D eigenvalue weighted by Crippen LogP contribution is -2.14. The first kappa shape index (κ1) is 14.5. The largest absolute Gasteiger partial charge is 0.493 e. The first-order valence-electron chi connectivity index (χ1n) is 6.07. The molecule has 1 aromatic carbocycles. The molecule has 3 heteroatoms. The summed E-state index contributed by atoms with van der Waals surface area (Å²) in [5.74, 6) is 1.51. The highest BCUT2D eigenvalue weighted by Crippen LogP contribution is 2.32. The Balaban J connectivity index is 2.89. The fourth-order valence-corrected chi connectivity index (χ4v) is 2.15. The van der Waals surface area contributed by atoms with E-state index in [1.165, 1.54) is 0 Å². The molecule has 0 bridgehead atoms. The van der Waals surface area contributed by atoms with Crippen LogP contribution in [0.15, 0.2) is 22.7 Å². The summed E-state index contributed by atoms with van der Waals surface area (Å²) in [5, 5.41) is 10.2. The maximum Gasteiger partial charge on any atom is 0.133 e. The molecule has 1 N–H and O–H groups in total. The molecule has 17 heavy (non-hydrogen) atoms. The maximum absolute atomic E-state index is 10.2. The second-order valence-electron chi connectivity index (χ2n) is 4.67. The lowest BCUT2D eigenvalue weighted by atomic mass is 9.88. The third-order valence-corrected chi connectivity index (χ3v) is 3.77. The van der Waals surface area contributed by atoms with Crippen molar-refractivity contribution in [1.82, 2.24) is 0 Å². The highest BCUT2D eigenvalue weighted by atomic mass is 79.9. The van der Waals surface area contributed by atoms with Crippen LogP contribution in [0.2, 0.25) is 0 Å². The van der Waals surface area contributed by atoms with Crippen LogP contribution in [-0.4, -0.2) is 11.7 Å². The SMILES string of the molecule is CCOc1ccc(C(O)C(C)C(C)C)cc1Br. The number of ether oxygens (including phenoxy) is 1. The van der Waals surface area contributed by atoms with Crippen LogP contribution in [0.1, 0.15) is 39.4 Å². The van der Waals surface area contributed by atoms with Gasteiger partial charge in [-0.2, -0.15) is 0 Å². The van der Waals surface area contributed by atoms with E-state index in [-0.39, 0.29) is 5.92 Å². The van der Waals surface area contributed by atoms with E-state index in [9.17, 15) is 5.11 Å². The van der Waals surface area contributed by atoms with Gasteiger partial charge in [-0.25, -0.2) is 0 Å². The number of aliphatic hydroxyl groups excluding tert-OH is 1. The van der Waals surface area contributed by atoms with E-state index in [4.69, 9.17) is 4.74 Å². The number of hydrogen-bond donors (Lipinski definition) is 1. The predicted molar refractivity (Wildman–Crippen MR) is 74.3 cm³/mol. The lowest BCUT2D eigenvalue weighted by molar-refractivity contribution is 0.0920. The predicted octanol–water partition coefficient (Wildman–Crippen LogP) is 4.17. The summed E-state index contributed by atoms with van der Waals surface area (Å²) in [5.41, 5.74) is 0.932. The second kappa shape index (κ2) is 6.41. The van der Waals surface area contributed by atoms with Crippen LogP contribution >= 0.6 is 15.9 Å². The topological polar surface area (TPSA) is 29.5 Å². The van der Waals surface area contributed by atoms with Crippen molar-refractivity contribution >= 4 is 15.9 Å². The Bertz CT molecular complexity index is 363. The number of benzene rings is 1. The average Bonchev–Trinajstić information content (AvgIpc) is 2.30. The minimum absolute atomic E-state index is 0.236. The Morgan fingerprint density at radius 3 is 2.41 bits per heavy atom. The van der Waals surface area contributed by atoms with Crippen LogP contribution in [0.4, 0.5) is 0 Å². The van der Waals surface area contributed by atoms with Gasteiger partial charge in [-0.1, -0.05) is 26.8 Å². The van der Waals surface area contributed by atoms with Crippen LogP contribution < -0.4 is 4.74 Å². The third kappa shape index (κ3) is 3.71. The summed E-state index contributed by atoms with van der Waals surface area (Å²) in [6.45, 7) is 8.91. The van der Waals surface area contributed by atoms with Gasteiger partial charge in [0.05, 0.1) is 17.2 Å². The fourth-order valence-electron chi connectivity index (χ4n) is 1.64. The van der Waals surface area contributed by atoms with E-state index in [2.05, 4.69) is 36.7 Å². The molecule has 0 aliphatic rings. The summed E-state index contributed by atoms with van der Waals surface area (Å²) in [7, 11) is 0. The second-order valence-corrected chi connectivity index (χ2v) is 5.53. The van der Waals surface area contributed by atoms with Gasteiger partial charge in [0.1, 0.15) is 5.75 Å². The molecule has 0 heterocycles. The zero-order valence-corrected chi connectivity index (χ0v) is 12.5.